The molecule has 0 radical (unpaired) electrons. The van der Waals surface area contributed by atoms with E-state index >= 15 is 0 Å². The number of ether oxygens (including phenoxy) is 1. The number of benzene rings is 1. The molecule has 0 saturated heterocycles. The number of rotatable bonds is 12. The SMILES string of the molecule is CC(C=CCCCCCCOc1nc(Cl)nc2ccccc12)=CC(=O)NCC(C)C. The van der Waals surface area contributed by atoms with Gasteiger partial charge in [0.2, 0.25) is 17.1 Å². The normalized spacial score (nSPS) is 12.1. The Morgan fingerprint density at radius 3 is 2.73 bits per heavy atom. The number of nitrogens with zero attached hydrogens (tertiary/aromatic N) is 2. The van der Waals surface area contributed by atoms with Gasteiger partial charge in [0.05, 0.1) is 17.5 Å². The van der Waals surface area contributed by atoms with Gasteiger partial charge in [-0.1, -0.05) is 51.0 Å². The van der Waals surface area contributed by atoms with Gasteiger partial charge >= 0.3 is 0 Å². The fraction of sp³-hybridized carbons (Fsp3) is 0.458. The number of unbranched alkanes of at least 4 members (excludes halogenated alkanes) is 4. The van der Waals surface area contributed by atoms with Gasteiger partial charge in [0.25, 0.3) is 0 Å². The Labute approximate surface area is 184 Å². The summed E-state index contributed by atoms with van der Waals surface area (Å²) in [5, 5.41) is 3.98. The lowest BCUT2D eigenvalue weighted by molar-refractivity contribution is -0.116. The zero-order chi connectivity index (χ0) is 21.8. The molecule has 0 bridgehead atoms. The van der Waals surface area contributed by atoms with Gasteiger partial charge in [-0.3, -0.25) is 4.79 Å². The first-order valence-electron chi connectivity index (χ1n) is 10.6. The van der Waals surface area contributed by atoms with Crippen LogP contribution in [-0.4, -0.2) is 29.0 Å². The average Bonchev–Trinajstić information content (AvgIpc) is 2.70. The van der Waals surface area contributed by atoms with Crippen molar-refractivity contribution >= 4 is 28.4 Å². The van der Waals surface area contributed by atoms with Crippen molar-refractivity contribution in [3.8, 4) is 5.88 Å². The molecule has 0 fully saturated rings. The lowest BCUT2D eigenvalue weighted by Gasteiger charge is -2.08. The van der Waals surface area contributed by atoms with Crippen LogP contribution < -0.4 is 10.1 Å². The van der Waals surface area contributed by atoms with Crippen LogP contribution in [0.25, 0.3) is 10.9 Å². The zero-order valence-electron chi connectivity index (χ0n) is 18.2. The second kappa shape index (κ2) is 13.0. The highest BCUT2D eigenvalue weighted by molar-refractivity contribution is 6.28. The summed E-state index contributed by atoms with van der Waals surface area (Å²) in [5.74, 6) is 0.985. The zero-order valence-corrected chi connectivity index (χ0v) is 18.9. The summed E-state index contributed by atoms with van der Waals surface area (Å²) in [4.78, 5) is 20.2. The molecule has 5 nitrogen and oxygen atoms in total. The molecule has 162 valence electrons. The first kappa shape index (κ1) is 23.9. The molecule has 30 heavy (non-hydrogen) atoms. The van der Waals surface area contributed by atoms with Crippen molar-refractivity contribution in [2.75, 3.05) is 13.2 Å². The summed E-state index contributed by atoms with van der Waals surface area (Å²) in [6, 6.07) is 7.70. The van der Waals surface area contributed by atoms with Gasteiger partial charge in [-0.15, -0.1) is 0 Å². The molecule has 0 spiro atoms. The van der Waals surface area contributed by atoms with Crippen molar-refractivity contribution < 1.29 is 9.53 Å². The quantitative estimate of drug-likeness (QED) is 0.198. The molecule has 0 atom stereocenters. The van der Waals surface area contributed by atoms with Crippen molar-refractivity contribution in [2.24, 2.45) is 5.92 Å². The number of halogens is 1. The molecule has 1 N–H and O–H groups in total. The third-order valence-corrected chi connectivity index (χ3v) is 4.64. The predicted octanol–water partition coefficient (Wildman–Crippen LogP) is 5.89. The third-order valence-electron chi connectivity index (χ3n) is 4.47. The highest BCUT2D eigenvalue weighted by Gasteiger charge is 2.07. The molecule has 1 aromatic heterocycles. The van der Waals surface area contributed by atoms with E-state index in [0.29, 0.717) is 24.9 Å². The van der Waals surface area contributed by atoms with E-state index < -0.39 is 0 Å². The number of hydrogen-bond acceptors (Lipinski definition) is 4. The van der Waals surface area contributed by atoms with E-state index in [1.807, 2.05) is 37.3 Å². The van der Waals surface area contributed by atoms with E-state index in [9.17, 15) is 4.79 Å². The van der Waals surface area contributed by atoms with Crippen LogP contribution in [0, 0.1) is 5.92 Å². The molecule has 6 heteroatoms. The Bertz CT molecular complexity index is 878. The van der Waals surface area contributed by atoms with Gasteiger partial charge in [0.15, 0.2) is 0 Å². The van der Waals surface area contributed by atoms with Crippen LogP contribution in [0.15, 0.2) is 48.1 Å². The Hall–Kier alpha value is -2.40. The summed E-state index contributed by atoms with van der Waals surface area (Å²) in [5.41, 5.74) is 1.77. The monoisotopic (exact) mass is 429 g/mol. The fourth-order valence-electron chi connectivity index (χ4n) is 2.90. The lowest BCUT2D eigenvalue weighted by Crippen LogP contribution is -2.25. The Morgan fingerprint density at radius 1 is 1.17 bits per heavy atom. The maximum absolute atomic E-state index is 11.7. The Balaban J connectivity index is 1.60. The van der Waals surface area contributed by atoms with Crippen LogP contribution in [0.3, 0.4) is 0 Å². The molecular formula is C24H32ClN3O2. The summed E-state index contributed by atoms with van der Waals surface area (Å²) in [7, 11) is 0. The minimum Gasteiger partial charge on any atom is -0.477 e. The number of allylic oxidation sites excluding steroid dienone is 3. The number of amides is 1. The summed E-state index contributed by atoms with van der Waals surface area (Å²) in [6.07, 6.45) is 11.1. The number of nitrogens with one attached hydrogen (secondary N) is 1. The van der Waals surface area contributed by atoms with Crippen molar-refractivity contribution in [3.63, 3.8) is 0 Å². The van der Waals surface area contributed by atoms with Crippen LogP contribution in [0.2, 0.25) is 5.28 Å². The van der Waals surface area contributed by atoms with E-state index in [1.165, 1.54) is 0 Å². The van der Waals surface area contributed by atoms with Crippen LogP contribution >= 0.6 is 11.6 Å². The van der Waals surface area contributed by atoms with Crippen LogP contribution in [0.4, 0.5) is 0 Å². The smallest absolute Gasteiger partial charge is 0.244 e. The van der Waals surface area contributed by atoms with Crippen molar-refractivity contribution in [3.05, 3.63) is 53.4 Å². The van der Waals surface area contributed by atoms with Crippen LogP contribution in [-0.2, 0) is 4.79 Å². The molecule has 0 aliphatic rings. The molecule has 1 aromatic carbocycles. The van der Waals surface area contributed by atoms with Crippen molar-refractivity contribution in [2.45, 2.75) is 52.9 Å². The summed E-state index contributed by atoms with van der Waals surface area (Å²) < 4.78 is 5.84. The summed E-state index contributed by atoms with van der Waals surface area (Å²) in [6.45, 7) is 7.43. The van der Waals surface area contributed by atoms with Crippen LogP contribution in [0.1, 0.15) is 52.9 Å². The highest BCUT2D eigenvalue weighted by Crippen LogP contribution is 2.24. The largest absolute Gasteiger partial charge is 0.477 e. The van der Waals surface area contributed by atoms with E-state index in [4.69, 9.17) is 16.3 Å². The highest BCUT2D eigenvalue weighted by atomic mass is 35.5. The lowest BCUT2D eigenvalue weighted by atomic mass is 10.1. The first-order valence-corrected chi connectivity index (χ1v) is 11.0. The molecule has 0 aliphatic heterocycles. The van der Waals surface area contributed by atoms with Gasteiger partial charge in [-0.2, -0.15) is 4.98 Å². The molecular weight excluding hydrogens is 398 g/mol. The van der Waals surface area contributed by atoms with Gasteiger partial charge in [0, 0.05) is 12.6 Å². The number of carbonyl (C=O) groups is 1. The minimum atomic E-state index is -0.0244. The summed E-state index contributed by atoms with van der Waals surface area (Å²) >= 11 is 5.98. The number of para-hydroxylation sites is 1. The van der Waals surface area contributed by atoms with E-state index in [0.717, 1.165) is 48.6 Å². The fourth-order valence-corrected chi connectivity index (χ4v) is 3.06. The maximum Gasteiger partial charge on any atom is 0.244 e. The number of fused-ring (bicyclic) bond motifs is 1. The van der Waals surface area contributed by atoms with Gasteiger partial charge in [-0.05, 0) is 61.4 Å². The van der Waals surface area contributed by atoms with Gasteiger partial charge in [-0.25, -0.2) is 4.98 Å². The van der Waals surface area contributed by atoms with Crippen molar-refractivity contribution in [1.29, 1.82) is 0 Å². The topological polar surface area (TPSA) is 64.1 Å². The maximum atomic E-state index is 11.7. The van der Waals surface area contributed by atoms with Crippen molar-refractivity contribution in [1.82, 2.24) is 15.3 Å². The molecule has 0 aliphatic carbocycles. The molecule has 0 unspecified atom stereocenters. The molecule has 1 amide bonds. The Morgan fingerprint density at radius 2 is 1.93 bits per heavy atom. The van der Waals surface area contributed by atoms with Gasteiger partial charge in [0.1, 0.15) is 0 Å². The average molecular weight is 430 g/mol. The minimum absolute atomic E-state index is 0.0244. The first-order chi connectivity index (χ1) is 14.5. The van der Waals surface area contributed by atoms with Crippen LogP contribution in [0.5, 0.6) is 5.88 Å². The second-order valence-electron chi connectivity index (χ2n) is 7.80. The Kier molecular flexibility index (Phi) is 10.4. The molecule has 0 saturated carbocycles. The van der Waals surface area contributed by atoms with Gasteiger partial charge < -0.3 is 10.1 Å². The molecule has 2 rings (SSSR count). The second-order valence-corrected chi connectivity index (χ2v) is 8.13. The standard InChI is InChI=1S/C24H32ClN3O2/c1-18(2)17-26-22(29)16-19(3)12-8-6-4-5-7-11-15-30-23-20-13-9-10-14-21(20)27-24(25)28-23/h8-10,12-14,16,18H,4-7,11,15,17H2,1-3H3,(H,26,29). The van der Waals surface area contributed by atoms with E-state index in [1.54, 1.807) is 6.08 Å². The third kappa shape index (κ3) is 8.95. The molecule has 1 heterocycles. The molecule has 2 aromatic rings. The van der Waals surface area contributed by atoms with E-state index in [2.05, 4.69) is 35.2 Å². The number of aromatic nitrogens is 2. The predicted molar refractivity (Wildman–Crippen MR) is 124 cm³/mol. The number of carbonyl (C=O) groups excluding carboxylic acids is 1. The van der Waals surface area contributed by atoms with E-state index in [-0.39, 0.29) is 11.2 Å². The number of hydrogen-bond donors (Lipinski definition) is 1.